The van der Waals surface area contributed by atoms with Crippen molar-refractivity contribution in [2.24, 2.45) is 0 Å². The number of amides is 1. The van der Waals surface area contributed by atoms with Gasteiger partial charge in [-0.3, -0.25) is 4.79 Å². The van der Waals surface area contributed by atoms with E-state index < -0.39 is 0 Å². The molecule has 146 valence electrons. The molecule has 1 saturated heterocycles. The topological polar surface area (TPSA) is 41.4 Å². The molecule has 5 nitrogen and oxygen atoms in total. The minimum absolute atomic E-state index is 0.175. The molecule has 0 saturated carbocycles. The first-order valence-electron chi connectivity index (χ1n) is 9.68. The number of imidazole rings is 1. The molecule has 0 N–H and O–H groups in total. The molecule has 0 radical (unpaired) electrons. The van der Waals surface area contributed by atoms with Crippen molar-refractivity contribution in [1.29, 1.82) is 0 Å². The van der Waals surface area contributed by atoms with E-state index in [2.05, 4.69) is 53.0 Å². The Hall–Kier alpha value is -2.47. The van der Waals surface area contributed by atoms with Crippen LogP contribution in [0.4, 0.5) is 5.69 Å². The maximum Gasteiger partial charge on any atom is 0.242 e. The van der Waals surface area contributed by atoms with E-state index in [0.29, 0.717) is 6.54 Å². The Kier molecular flexibility index (Phi) is 5.57. The Morgan fingerprint density at radius 3 is 2.61 bits per heavy atom. The zero-order chi connectivity index (χ0) is 19.5. The lowest BCUT2D eigenvalue weighted by Gasteiger charge is -2.36. The van der Waals surface area contributed by atoms with Crippen LogP contribution in [-0.2, 0) is 17.1 Å². The van der Waals surface area contributed by atoms with Gasteiger partial charge in [-0.1, -0.05) is 24.3 Å². The van der Waals surface area contributed by atoms with Gasteiger partial charge in [0.05, 0.1) is 16.8 Å². The summed E-state index contributed by atoms with van der Waals surface area (Å²) in [7, 11) is 0. The van der Waals surface area contributed by atoms with Crippen molar-refractivity contribution < 1.29 is 4.79 Å². The van der Waals surface area contributed by atoms with Crippen LogP contribution in [0.1, 0.15) is 11.4 Å². The van der Waals surface area contributed by atoms with Crippen LogP contribution in [0, 0.1) is 6.92 Å². The standard InChI is InChI=1S/C22H26N4OS/c1-17-6-5-7-18(14-17)24-10-12-25(13-11-24)22(27)15-26-20-9-4-3-8-19(20)23-21(26)16-28-2/h3-9,14H,10-13,15-16H2,1-2H3. The number of carbonyl (C=O) groups is 1. The monoisotopic (exact) mass is 394 g/mol. The molecule has 0 unspecified atom stereocenters. The lowest BCUT2D eigenvalue weighted by Crippen LogP contribution is -2.49. The van der Waals surface area contributed by atoms with Gasteiger partial charge in [0, 0.05) is 31.9 Å². The number of aromatic nitrogens is 2. The number of benzene rings is 2. The normalized spacial score (nSPS) is 14.6. The molecular formula is C22H26N4OS. The minimum atomic E-state index is 0.175. The number of anilines is 1. The number of para-hydroxylation sites is 2. The van der Waals surface area contributed by atoms with Gasteiger partial charge in [-0.2, -0.15) is 11.8 Å². The molecule has 0 atom stereocenters. The number of hydrogen-bond acceptors (Lipinski definition) is 4. The Labute approximate surface area is 170 Å². The van der Waals surface area contributed by atoms with E-state index in [1.165, 1.54) is 11.3 Å². The molecule has 1 aromatic heterocycles. The summed E-state index contributed by atoms with van der Waals surface area (Å²) < 4.78 is 2.08. The van der Waals surface area contributed by atoms with Gasteiger partial charge >= 0.3 is 0 Å². The number of nitrogens with zero attached hydrogens (tertiary/aromatic N) is 4. The lowest BCUT2D eigenvalue weighted by atomic mass is 10.2. The highest BCUT2D eigenvalue weighted by molar-refractivity contribution is 7.97. The lowest BCUT2D eigenvalue weighted by molar-refractivity contribution is -0.132. The third kappa shape index (κ3) is 3.87. The second-order valence-corrected chi connectivity index (χ2v) is 8.11. The summed E-state index contributed by atoms with van der Waals surface area (Å²) >= 11 is 1.73. The molecule has 0 spiro atoms. The molecule has 3 aromatic rings. The van der Waals surface area contributed by atoms with Crippen LogP contribution in [0.5, 0.6) is 0 Å². The number of thioether (sulfide) groups is 1. The second-order valence-electron chi connectivity index (χ2n) is 7.24. The minimum Gasteiger partial charge on any atom is -0.368 e. The van der Waals surface area contributed by atoms with Crippen LogP contribution in [0.25, 0.3) is 11.0 Å². The largest absolute Gasteiger partial charge is 0.368 e. The van der Waals surface area contributed by atoms with E-state index in [-0.39, 0.29) is 5.91 Å². The number of fused-ring (bicyclic) bond motifs is 1. The molecule has 1 fully saturated rings. The summed E-state index contributed by atoms with van der Waals surface area (Å²) in [6, 6.07) is 16.6. The number of hydrogen-bond donors (Lipinski definition) is 0. The predicted octanol–water partition coefficient (Wildman–Crippen LogP) is 3.56. The van der Waals surface area contributed by atoms with E-state index in [1.807, 2.05) is 23.1 Å². The van der Waals surface area contributed by atoms with Gasteiger partial charge in [-0.15, -0.1) is 0 Å². The van der Waals surface area contributed by atoms with Crippen molar-refractivity contribution in [3.8, 4) is 0 Å². The van der Waals surface area contributed by atoms with Crippen LogP contribution in [0.3, 0.4) is 0 Å². The Balaban J connectivity index is 1.45. The summed E-state index contributed by atoms with van der Waals surface area (Å²) in [6.45, 7) is 5.75. The molecule has 2 heterocycles. The van der Waals surface area contributed by atoms with Gasteiger partial charge in [0.15, 0.2) is 0 Å². The van der Waals surface area contributed by atoms with Gasteiger partial charge in [0.25, 0.3) is 0 Å². The highest BCUT2D eigenvalue weighted by Gasteiger charge is 2.23. The quantitative estimate of drug-likeness (QED) is 0.664. The summed E-state index contributed by atoms with van der Waals surface area (Å²) in [4.78, 5) is 22.1. The van der Waals surface area contributed by atoms with Crippen LogP contribution in [-0.4, -0.2) is 52.8 Å². The number of aryl methyl sites for hydroxylation is 1. The van der Waals surface area contributed by atoms with E-state index in [0.717, 1.165) is 48.8 Å². The molecule has 1 amide bonds. The maximum absolute atomic E-state index is 13.0. The Bertz CT molecular complexity index is 976. The van der Waals surface area contributed by atoms with Gasteiger partial charge in [0.1, 0.15) is 12.4 Å². The van der Waals surface area contributed by atoms with E-state index in [4.69, 9.17) is 4.98 Å². The van der Waals surface area contributed by atoms with Crippen LogP contribution >= 0.6 is 11.8 Å². The molecule has 2 aromatic carbocycles. The smallest absolute Gasteiger partial charge is 0.242 e. The highest BCUT2D eigenvalue weighted by Crippen LogP contribution is 2.21. The SMILES string of the molecule is CSCc1nc2ccccc2n1CC(=O)N1CCN(c2cccc(C)c2)CC1. The first-order chi connectivity index (χ1) is 13.7. The van der Waals surface area contributed by atoms with Gasteiger partial charge in [-0.05, 0) is 43.0 Å². The van der Waals surface area contributed by atoms with Gasteiger partial charge in [0.2, 0.25) is 5.91 Å². The fourth-order valence-corrected chi connectivity index (χ4v) is 4.29. The van der Waals surface area contributed by atoms with E-state index in [1.54, 1.807) is 11.8 Å². The van der Waals surface area contributed by atoms with Crippen molar-refractivity contribution in [3.63, 3.8) is 0 Å². The number of rotatable bonds is 5. The van der Waals surface area contributed by atoms with E-state index in [9.17, 15) is 4.79 Å². The molecule has 0 bridgehead atoms. The zero-order valence-electron chi connectivity index (χ0n) is 16.5. The van der Waals surface area contributed by atoms with Crippen molar-refractivity contribution >= 4 is 34.4 Å². The highest BCUT2D eigenvalue weighted by atomic mass is 32.2. The van der Waals surface area contributed by atoms with Crippen LogP contribution < -0.4 is 4.90 Å². The van der Waals surface area contributed by atoms with Crippen molar-refractivity contribution in [1.82, 2.24) is 14.5 Å². The van der Waals surface area contributed by atoms with Gasteiger partial charge < -0.3 is 14.4 Å². The number of carbonyl (C=O) groups excluding carboxylic acids is 1. The average molecular weight is 395 g/mol. The van der Waals surface area contributed by atoms with Crippen molar-refractivity contribution in [3.05, 3.63) is 59.9 Å². The Morgan fingerprint density at radius 1 is 1.07 bits per heavy atom. The molecule has 28 heavy (non-hydrogen) atoms. The summed E-state index contributed by atoms with van der Waals surface area (Å²) in [5.41, 5.74) is 4.51. The zero-order valence-corrected chi connectivity index (χ0v) is 17.3. The average Bonchev–Trinajstić information content (AvgIpc) is 3.06. The summed E-state index contributed by atoms with van der Waals surface area (Å²) in [6.07, 6.45) is 2.07. The third-order valence-electron chi connectivity index (χ3n) is 5.30. The van der Waals surface area contributed by atoms with Crippen molar-refractivity contribution in [2.45, 2.75) is 19.2 Å². The summed E-state index contributed by atoms with van der Waals surface area (Å²) in [5.74, 6) is 1.96. The predicted molar refractivity (Wildman–Crippen MR) is 117 cm³/mol. The first-order valence-corrected chi connectivity index (χ1v) is 11.1. The van der Waals surface area contributed by atoms with Crippen molar-refractivity contribution in [2.75, 3.05) is 37.3 Å². The summed E-state index contributed by atoms with van der Waals surface area (Å²) in [5, 5.41) is 0. The molecular weight excluding hydrogens is 368 g/mol. The third-order valence-corrected chi connectivity index (χ3v) is 5.85. The van der Waals surface area contributed by atoms with Crippen LogP contribution in [0.2, 0.25) is 0 Å². The fraction of sp³-hybridized carbons (Fsp3) is 0.364. The molecule has 0 aliphatic carbocycles. The molecule has 1 aliphatic heterocycles. The molecule has 1 aliphatic rings. The number of piperazine rings is 1. The second kappa shape index (κ2) is 8.27. The molecule has 4 rings (SSSR count). The first kappa shape index (κ1) is 18.9. The maximum atomic E-state index is 13.0. The molecule has 6 heteroatoms. The Morgan fingerprint density at radius 2 is 1.86 bits per heavy atom. The van der Waals surface area contributed by atoms with Crippen LogP contribution in [0.15, 0.2) is 48.5 Å². The van der Waals surface area contributed by atoms with E-state index >= 15 is 0 Å². The van der Waals surface area contributed by atoms with Gasteiger partial charge in [-0.25, -0.2) is 4.98 Å². The fourth-order valence-electron chi connectivity index (χ4n) is 3.82.